The van der Waals surface area contributed by atoms with Crippen molar-refractivity contribution in [2.45, 2.75) is 50.0 Å². The lowest BCUT2D eigenvalue weighted by atomic mass is 9.78. The predicted octanol–water partition coefficient (Wildman–Crippen LogP) is 3.97. The molecule has 35 heavy (non-hydrogen) atoms. The van der Waals surface area contributed by atoms with Gasteiger partial charge in [0.05, 0.1) is 31.1 Å². The van der Waals surface area contributed by atoms with Crippen LogP contribution in [0.2, 0.25) is 0 Å². The Morgan fingerprint density at radius 2 is 1.94 bits per heavy atom. The summed E-state index contributed by atoms with van der Waals surface area (Å²) in [6.45, 7) is 3.22. The first-order valence-corrected chi connectivity index (χ1v) is 12.2. The number of ether oxygens (including phenoxy) is 1. The second-order valence-corrected chi connectivity index (χ2v) is 9.95. The van der Waals surface area contributed by atoms with E-state index in [-0.39, 0.29) is 30.7 Å². The maximum absolute atomic E-state index is 13.7. The number of carbonyl (C=O) groups is 1. The number of alkyl halides is 3. The Bertz CT molecular complexity index is 1120. The first-order chi connectivity index (χ1) is 16.8. The Balaban J connectivity index is 1.25. The smallest absolute Gasteiger partial charge is 0.378 e. The van der Waals surface area contributed by atoms with E-state index in [9.17, 15) is 18.0 Å². The number of pyridine rings is 1. The fourth-order valence-corrected chi connectivity index (χ4v) is 5.31. The summed E-state index contributed by atoms with van der Waals surface area (Å²) in [7, 11) is 0. The lowest BCUT2D eigenvalue weighted by Gasteiger charge is -2.40. The second kappa shape index (κ2) is 8.37. The van der Waals surface area contributed by atoms with E-state index in [1.54, 1.807) is 11.1 Å². The molecule has 3 fully saturated rings. The number of nitrogens with one attached hydrogen (secondary N) is 2. The lowest BCUT2D eigenvalue weighted by Crippen LogP contribution is -2.56. The summed E-state index contributed by atoms with van der Waals surface area (Å²) in [4.78, 5) is 22.2. The van der Waals surface area contributed by atoms with Gasteiger partial charge in [0.1, 0.15) is 11.4 Å². The number of benzene rings is 1. The third-order valence-electron chi connectivity index (χ3n) is 7.65. The quantitative estimate of drug-likeness (QED) is 0.680. The van der Waals surface area contributed by atoms with E-state index in [4.69, 9.17) is 4.74 Å². The molecule has 1 aromatic carbocycles. The number of nitrogens with zero attached hydrogens (tertiary/aromatic N) is 3. The molecule has 7 nitrogen and oxygen atoms in total. The molecule has 2 aliphatic heterocycles. The minimum atomic E-state index is -4.25. The highest BCUT2D eigenvalue weighted by atomic mass is 19.4. The number of hydrogen-bond donors (Lipinski definition) is 2. The van der Waals surface area contributed by atoms with Gasteiger partial charge in [-0.15, -0.1) is 0 Å². The van der Waals surface area contributed by atoms with E-state index >= 15 is 0 Å². The highest BCUT2D eigenvalue weighted by Gasteiger charge is 2.64. The molecule has 2 N–H and O–H groups in total. The fraction of sp³-hybridized carbons (Fsp3) is 0.520. The molecular weight excluding hydrogens is 459 g/mol. The van der Waals surface area contributed by atoms with Gasteiger partial charge in [0.2, 0.25) is 5.91 Å². The van der Waals surface area contributed by atoms with Crippen LogP contribution in [0.25, 0.3) is 0 Å². The van der Waals surface area contributed by atoms with Gasteiger partial charge < -0.3 is 25.2 Å². The van der Waals surface area contributed by atoms with E-state index in [0.29, 0.717) is 38.4 Å². The summed E-state index contributed by atoms with van der Waals surface area (Å²) >= 11 is 0. The summed E-state index contributed by atoms with van der Waals surface area (Å²) in [6.07, 6.45) is -1.47. The highest BCUT2D eigenvalue weighted by Crippen LogP contribution is 2.51. The Labute approximate surface area is 201 Å². The number of hydrogen-bond acceptors (Lipinski definition) is 6. The van der Waals surface area contributed by atoms with Crippen LogP contribution >= 0.6 is 0 Å². The minimum absolute atomic E-state index is 0.0567. The van der Waals surface area contributed by atoms with Gasteiger partial charge in [-0.1, -0.05) is 6.07 Å². The van der Waals surface area contributed by atoms with Gasteiger partial charge in [0.15, 0.2) is 0 Å². The molecule has 0 unspecified atom stereocenters. The molecule has 1 saturated heterocycles. The summed E-state index contributed by atoms with van der Waals surface area (Å²) < 4.78 is 45.5. The van der Waals surface area contributed by atoms with Gasteiger partial charge >= 0.3 is 6.18 Å². The van der Waals surface area contributed by atoms with Crippen molar-refractivity contribution in [1.82, 2.24) is 10.3 Å². The number of rotatable bonds is 4. The van der Waals surface area contributed by atoms with Crippen molar-refractivity contribution in [2.24, 2.45) is 5.92 Å². The third-order valence-corrected chi connectivity index (χ3v) is 7.65. The van der Waals surface area contributed by atoms with Gasteiger partial charge in [0, 0.05) is 42.5 Å². The van der Waals surface area contributed by atoms with Crippen LogP contribution in [-0.4, -0.2) is 55.0 Å². The van der Waals surface area contributed by atoms with Gasteiger partial charge in [0.25, 0.3) is 0 Å². The number of amides is 1. The predicted molar refractivity (Wildman–Crippen MR) is 126 cm³/mol. The van der Waals surface area contributed by atoms with Gasteiger partial charge in [-0.2, -0.15) is 13.2 Å². The fourth-order valence-electron chi connectivity index (χ4n) is 5.31. The van der Waals surface area contributed by atoms with E-state index in [1.165, 1.54) is 0 Å². The molecule has 10 heteroatoms. The van der Waals surface area contributed by atoms with Crippen LogP contribution in [-0.2, 0) is 16.1 Å². The molecule has 0 atom stereocenters. The zero-order valence-corrected chi connectivity index (χ0v) is 19.3. The lowest BCUT2D eigenvalue weighted by molar-refractivity contribution is -0.170. The molecular formula is C25H28F3N5O2. The van der Waals surface area contributed by atoms with Crippen molar-refractivity contribution < 1.29 is 22.7 Å². The van der Waals surface area contributed by atoms with Crippen LogP contribution in [0.15, 0.2) is 36.5 Å². The molecule has 1 aromatic heterocycles. The van der Waals surface area contributed by atoms with E-state index in [0.717, 1.165) is 35.7 Å². The van der Waals surface area contributed by atoms with E-state index < -0.39 is 11.7 Å². The molecule has 4 aliphatic rings. The van der Waals surface area contributed by atoms with Crippen molar-refractivity contribution in [1.29, 1.82) is 0 Å². The maximum Gasteiger partial charge on any atom is 0.406 e. The van der Waals surface area contributed by atoms with Crippen LogP contribution in [0, 0.1) is 5.92 Å². The zero-order chi connectivity index (χ0) is 24.2. The second-order valence-electron chi connectivity index (χ2n) is 9.95. The van der Waals surface area contributed by atoms with Crippen LogP contribution in [0.3, 0.4) is 0 Å². The van der Waals surface area contributed by atoms with Crippen LogP contribution < -0.4 is 20.4 Å². The minimum Gasteiger partial charge on any atom is -0.378 e. The summed E-state index contributed by atoms with van der Waals surface area (Å²) in [6, 6.07) is 9.52. The van der Waals surface area contributed by atoms with Gasteiger partial charge in [-0.05, 0) is 49.9 Å². The van der Waals surface area contributed by atoms with E-state index in [2.05, 4.69) is 20.5 Å². The molecule has 2 aromatic rings. The van der Waals surface area contributed by atoms with Crippen LogP contribution in [0.4, 0.5) is 36.1 Å². The largest absolute Gasteiger partial charge is 0.406 e. The number of anilines is 4. The van der Waals surface area contributed by atoms with Gasteiger partial charge in [-0.25, -0.2) is 4.98 Å². The Morgan fingerprint density at radius 3 is 2.66 bits per heavy atom. The average molecular weight is 488 g/mol. The Hall–Kier alpha value is -2.85. The first-order valence-electron chi connectivity index (χ1n) is 12.2. The SMILES string of the molecule is O=C(C1CC(NC2(C(F)(F)F)CC2)C1)N1Cc2cccnc2Nc2ccc(N3CCOCC3)cc21. The molecule has 6 rings (SSSR count). The van der Waals surface area contributed by atoms with Crippen LogP contribution in [0.5, 0.6) is 0 Å². The average Bonchev–Trinajstić information content (AvgIpc) is 3.64. The number of carbonyl (C=O) groups excluding carboxylic acids is 1. The Morgan fingerprint density at radius 1 is 1.17 bits per heavy atom. The zero-order valence-electron chi connectivity index (χ0n) is 19.3. The molecule has 0 spiro atoms. The summed E-state index contributed by atoms with van der Waals surface area (Å²) in [5.74, 6) is 0.339. The van der Waals surface area contributed by atoms with Crippen molar-refractivity contribution in [3.05, 3.63) is 42.1 Å². The summed E-state index contributed by atoms with van der Waals surface area (Å²) in [5.41, 5.74) is 1.72. The number of morpholine rings is 1. The molecule has 0 bridgehead atoms. The summed E-state index contributed by atoms with van der Waals surface area (Å²) in [5, 5.41) is 6.17. The van der Waals surface area contributed by atoms with Crippen LogP contribution in [0.1, 0.15) is 31.2 Å². The normalized spacial score (nSPS) is 25.0. The topological polar surface area (TPSA) is 69.7 Å². The molecule has 0 radical (unpaired) electrons. The van der Waals surface area contributed by atoms with Crippen molar-refractivity contribution in [3.63, 3.8) is 0 Å². The molecule has 2 saturated carbocycles. The number of halogens is 3. The van der Waals surface area contributed by atoms with Crippen molar-refractivity contribution in [3.8, 4) is 0 Å². The monoisotopic (exact) mass is 487 g/mol. The van der Waals surface area contributed by atoms with Crippen molar-refractivity contribution in [2.75, 3.05) is 41.4 Å². The molecule has 2 aliphatic carbocycles. The Kier molecular flexibility index (Phi) is 5.41. The molecule has 1 amide bonds. The molecule has 3 heterocycles. The van der Waals surface area contributed by atoms with E-state index in [1.807, 2.05) is 30.3 Å². The number of fused-ring (bicyclic) bond motifs is 2. The maximum atomic E-state index is 13.7. The standard InChI is InChI=1S/C25H28F3N5O2/c26-25(27,28)24(5-6-24)31-18-12-17(13-18)23(34)33-15-16-2-1-7-29-22(16)30-20-4-3-19(14-21(20)33)32-8-10-35-11-9-32/h1-4,7,14,17-18,31H,5-6,8-13,15H2,(H,29,30). The first kappa shape index (κ1) is 22.6. The molecule has 186 valence electrons. The number of aromatic nitrogens is 1. The third kappa shape index (κ3) is 4.12. The van der Waals surface area contributed by atoms with Gasteiger partial charge in [-0.3, -0.25) is 4.79 Å². The van der Waals surface area contributed by atoms with Crippen molar-refractivity contribution >= 4 is 28.8 Å². The highest BCUT2D eigenvalue weighted by molar-refractivity contribution is 6.00.